The maximum absolute atomic E-state index is 11.8. The van der Waals surface area contributed by atoms with Crippen molar-refractivity contribution in [3.05, 3.63) is 0 Å². The number of terminal acetylenes is 1. The number of rotatable bonds is 3. The lowest BCUT2D eigenvalue weighted by Crippen LogP contribution is -2.39. The predicted molar refractivity (Wildman–Crippen MR) is 63.9 cm³/mol. The van der Waals surface area contributed by atoms with Crippen LogP contribution in [0, 0.1) is 12.3 Å². The molecule has 3 heteroatoms. The van der Waals surface area contributed by atoms with Gasteiger partial charge in [0.05, 0.1) is 0 Å². The molecule has 0 aromatic carbocycles. The quantitative estimate of drug-likeness (QED) is 0.586. The zero-order chi connectivity index (χ0) is 12.2. The smallest absolute Gasteiger partial charge is 0.323 e. The molecule has 1 rings (SSSR count). The Morgan fingerprint density at radius 1 is 1.50 bits per heavy atom. The van der Waals surface area contributed by atoms with E-state index in [4.69, 9.17) is 11.2 Å². The second kappa shape index (κ2) is 5.36. The van der Waals surface area contributed by atoms with Crippen LogP contribution in [-0.2, 0) is 9.53 Å². The molecule has 1 aliphatic heterocycles. The molecule has 0 aliphatic carbocycles. The van der Waals surface area contributed by atoms with Crippen LogP contribution in [0.1, 0.15) is 46.5 Å². The Morgan fingerprint density at radius 2 is 2.19 bits per heavy atom. The van der Waals surface area contributed by atoms with Crippen LogP contribution < -0.4 is 5.32 Å². The van der Waals surface area contributed by atoms with Crippen molar-refractivity contribution in [2.45, 2.75) is 64.1 Å². The molecule has 0 saturated carbocycles. The van der Waals surface area contributed by atoms with Crippen molar-refractivity contribution < 1.29 is 9.53 Å². The SMILES string of the molecule is C#CCCC1CCC(C(=O)OC(C)(C)C)N1. The van der Waals surface area contributed by atoms with E-state index in [1.165, 1.54) is 0 Å². The van der Waals surface area contributed by atoms with E-state index in [1.807, 2.05) is 20.8 Å². The Labute approximate surface area is 97.9 Å². The third-order valence-corrected chi connectivity index (χ3v) is 2.57. The number of carbonyl (C=O) groups excluding carboxylic acids is 1. The molecular weight excluding hydrogens is 202 g/mol. The summed E-state index contributed by atoms with van der Waals surface area (Å²) in [6.07, 6.45) is 8.77. The van der Waals surface area contributed by atoms with Gasteiger partial charge in [-0.25, -0.2) is 0 Å². The van der Waals surface area contributed by atoms with Crippen LogP contribution in [-0.4, -0.2) is 23.7 Å². The Balaban J connectivity index is 2.36. The molecule has 0 aromatic rings. The summed E-state index contributed by atoms with van der Waals surface area (Å²) in [5.74, 6) is 2.48. The van der Waals surface area contributed by atoms with Crippen molar-refractivity contribution in [2.75, 3.05) is 0 Å². The molecule has 0 bridgehead atoms. The van der Waals surface area contributed by atoms with Crippen LogP contribution in [0.4, 0.5) is 0 Å². The first-order valence-electron chi connectivity index (χ1n) is 5.85. The number of hydrogen-bond acceptors (Lipinski definition) is 3. The number of esters is 1. The van der Waals surface area contributed by atoms with Crippen LogP contribution in [0.25, 0.3) is 0 Å². The Kier molecular flexibility index (Phi) is 4.37. The van der Waals surface area contributed by atoms with Gasteiger partial charge in [-0.1, -0.05) is 0 Å². The van der Waals surface area contributed by atoms with Gasteiger partial charge in [-0.2, -0.15) is 0 Å². The van der Waals surface area contributed by atoms with E-state index in [1.54, 1.807) is 0 Å². The topological polar surface area (TPSA) is 38.3 Å². The Bertz CT molecular complexity index is 285. The molecule has 1 heterocycles. The van der Waals surface area contributed by atoms with Gasteiger partial charge in [-0.3, -0.25) is 4.79 Å². The lowest BCUT2D eigenvalue weighted by atomic mass is 10.1. The molecule has 1 N–H and O–H groups in total. The highest BCUT2D eigenvalue weighted by molar-refractivity contribution is 5.76. The Hall–Kier alpha value is -1.01. The predicted octanol–water partition coefficient (Wildman–Crippen LogP) is 1.86. The molecule has 16 heavy (non-hydrogen) atoms. The van der Waals surface area contributed by atoms with Gasteiger partial charge in [-0.15, -0.1) is 12.3 Å². The van der Waals surface area contributed by atoms with Crippen molar-refractivity contribution in [3.8, 4) is 12.3 Å². The van der Waals surface area contributed by atoms with Crippen LogP contribution in [0.15, 0.2) is 0 Å². The fourth-order valence-corrected chi connectivity index (χ4v) is 1.86. The molecule has 0 aromatic heterocycles. The molecular formula is C13H21NO2. The van der Waals surface area contributed by atoms with E-state index >= 15 is 0 Å². The van der Waals surface area contributed by atoms with Crippen LogP contribution in [0.5, 0.6) is 0 Å². The monoisotopic (exact) mass is 223 g/mol. The summed E-state index contributed by atoms with van der Waals surface area (Å²) < 4.78 is 5.33. The molecule has 1 aliphatic rings. The summed E-state index contributed by atoms with van der Waals surface area (Å²) in [4.78, 5) is 11.8. The summed E-state index contributed by atoms with van der Waals surface area (Å²) in [7, 11) is 0. The summed E-state index contributed by atoms with van der Waals surface area (Å²) >= 11 is 0. The second-order valence-electron chi connectivity index (χ2n) is 5.27. The molecule has 3 nitrogen and oxygen atoms in total. The summed E-state index contributed by atoms with van der Waals surface area (Å²) in [5, 5.41) is 3.28. The summed E-state index contributed by atoms with van der Waals surface area (Å²) in [6, 6.07) is 0.218. The van der Waals surface area contributed by atoms with Crippen LogP contribution in [0.2, 0.25) is 0 Å². The summed E-state index contributed by atoms with van der Waals surface area (Å²) in [6.45, 7) is 5.65. The first-order valence-corrected chi connectivity index (χ1v) is 5.85. The third-order valence-electron chi connectivity index (χ3n) is 2.57. The maximum Gasteiger partial charge on any atom is 0.323 e. The second-order valence-corrected chi connectivity index (χ2v) is 5.27. The molecule has 0 amide bonds. The minimum Gasteiger partial charge on any atom is -0.459 e. The first kappa shape index (κ1) is 13.1. The maximum atomic E-state index is 11.8. The largest absolute Gasteiger partial charge is 0.459 e. The first-order chi connectivity index (χ1) is 7.42. The average Bonchev–Trinajstić information content (AvgIpc) is 2.60. The van der Waals surface area contributed by atoms with Gasteiger partial charge in [0.25, 0.3) is 0 Å². The molecule has 0 radical (unpaired) electrons. The van der Waals surface area contributed by atoms with Gasteiger partial charge in [0.15, 0.2) is 0 Å². The fourth-order valence-electron chi connectivity index (χ4n) is 1.86. The van der Waals surface area contributed by atoms with Crippen molar-refractivity contribution in [2.24, 2.45) is 0 Å². The van der Waals surface area contributed by atoms with Crippen molar-refractivity contribution in [1.82, 2.24) is 5.32 Å². The van der Waals surface area contributed by atoms with Crippen LogP contribution in [0.3, 0.4) is 0 Å². The summed E-state index contributed by atoms with van der Waals surface area (Å²) in [5.41, 5.74) is -0.407. The molecule has 0 spiro atoms. The highest BCUT2D eigenvalue weighted by atomic mass is 16.6. The van der Waals surface area contributed by atoms with Gasteiger partial charge in [0.2, 0.25) is 0 Å². The van der Waals surface area contributed by atoms with Crippen LogP contribution >= 0.6 is 0 Å². The number of ether oxygens (including phenoxy) is 1. The highest BCUT2D eigenvalue weighted by Crippen LogP contribution is 2.19. The standard InChI is InChI=1S/C13H21NO2/c1-5-6-7-10-8-9-11(14-10)12(15)16-13(2,3)4/h1,10-11,14H,6-9H2,2-4H3. The van der Waals surface area contributed by atoms with E-state index < -0.39 is 5.60 Å². The van der Waals surface area contributed by atoms with Crippen molar-refractivity contribution in [3.63, 3.8) is 0 Å². The van der Waals surface area contributed by atoms with Crippen molar-refractivity contribution >= 4 is 5.97 Å². The van der Waals surface area contributed by atoms with E-state index in [9.17, 15) is 4.79 Å². The Morgan fingerprint density at radius 3 is 2.75 bits per heavy atom. The van der Waals surface area contributed by atoms with E-state index in [2.05, 4.69) is 11.2 Å². The van der Waals surface area contributed by atoms with Gasteiger partial charge in [0, 0.05) is 12.5 Å². The zero-order valence-corrected chi connectivity index (χ0v) is 10.4. The number of carbonyl (C=O) groups is 1. The molecule has 1 fully saturated rings. The lowest BCUT2D eigenvalue weighted by Gasteiger charge is -2.22. The van der Waals surface area contributed by atoms with E-state index in [0.29, 0.717) is 6.04 Å². The number of nitrogens with one attached hydrogen (secondary N) is 1. The minimum absolute atomic E-state index is 0.143. The molecule has 90 valence electrons. The molecule has 2 unspecified atom stereocenters. The highest BCUT2D eigenvalue weighted by Gasteiger charge is 2.31. The van der Waals surface area contributed by atoms with Gasteiger partial charge in [-0.05, 0) is 40.0 Å². The lowest BCUT2D eigenvalue weighted by molar-refractivity contribution is -0.157. The zero-order valence-electron chi connectivity index (χ0n) is 10.4. The van der Waals surface area contributed by atoms with Gasteiger partial charge >= 0.3 is 5.97 Å². The van der Waals surface area contributed by atoms with E-state index in [0.717, 1.165) is 25.7 Å². The molecule has 2 atom stereocenters. The number of hydrogen-bond donors (Lipinski definition) is 1. The minimum atomic E-state index is -0.407. The normalized spacial score (nSPS) is 25.1. The van der Waals surface area contributed by atoms with E-state index in [-0.39, 0.29) is 12.0 Å². The fraction of sp³-hybridized carbons (Fsp3) is 0.769. The van der Waals surface area contributed by atoms with Gasteiger partial charge in [0.1, 0.15) is 11.6 Å². The molecule has 1 saturated heterocycles. The van der Waals surface area contributed by atoms with Crippen molar-refractivity contribution in [1.29, 1.82) is 0 Å². The third kappa shape index (κ3) is 4.24. The van der Waals surface area contributed by atoms with Gasteiger partial charge < -0.3 is 10.1 Å². The average molecular weight is 223 g/mol.